The number of ether oxygens (including phenoxy) is 1. The lowest BCUT2D eigenvalue weighted by atomic mass is 10.1. The van der Waals surface area contributed by atoms with Crippen LogP contribution in [0.4, 0.5) is 5.82 Å². The zero-order chi connectivity index (χ0) is 16.4. The molecular formula is C17H12BrClN2O2. The molecule has 1 N–H and O–H groups in total. The molecule has 1 aromatic heterocycles. The molecule has 0 saturated heterocycles. The number of rotatable bonds is 3. The van der Waals surface area contributed by atoms with Crippen molar-refractivity contribution in [2.45, 2.75) is 0 Å². The summed E-state index contributed by atoms with van der Waals surface area (Å²) in [4.78, 5) is 16.7. The van der Waals surface area contributed by atoms with Gasteiger partial charge in [0.05, 0.1) is 22.2 Å². The summed E-state index contributed by atoms with van der Waals surface area (Å²) in [5.74, 6) is 0.601. The number of aromatic nitrogens is 1. The number of halogens is 2. The fraction of sp³-hybridized carbons (Fsp3) is 0.0588. The number of carbonyl (C=O) groups excluding carboxylic acids is 1. The van der Waals surface area contributed by atoms with Crippen molar-refractivity contribution in [2.75, 3.05) is 12.4 Å². The minimum atomic E-state index is -0.303. The molecule has 1 amide bonds. The van der Waals surface area contributed by atoms with Crippen LogP contribution in [0.1, 0.15) is 10.4 Å². The van der Waals surface area contributed by atoms with E-state index in [4.69, 9.17) is 16.3 Å². The highest BCUT2D eigenvalue weighted by Gasteiger charge is 2.18. The monoisotopic (exact) mass is 390 g/mol. The molecule has 6 heteroatoms. The maximum atomic E-state index is 12.6. The Hall–Kier alpha value is -2.11. The van der Waals surface area contributed by atoms with E-state index >= 15 is 0 Å². The van der Waals surface area contributed by atoms with Gasteiger partial charge in [0.2, 0.25) is 0 Å². The summed E-state index contributed by atoms with van der Waals surface area (Å²) >= 11 is 9.32. The van der Waals surface area contributed by atoms with Crippen LogP contribution < -0.4 is 10.1 Å². The van der Waals surface area contributed by atoms with Gasteiger partial charge in [0.15, 0.2) is 0 Å². The number of nitrogens with one attached hydrogen (secondary N) is 1. The summed E-state index contributed by atoms with van der Waals surface area (Å²) in [5.41, 5.74) is 0.426. The SMILES string of the molecule is COc1c(C(=O)Nc2ccc(Cl)cn2)cc2ccccc2c1Br. The van der Waals surface area contributed by atoms with E-state index in [1.807, 2.05) is 24.3 Å². The van der Waals surface area contributed by atoms with E-state index in [1.54, 1.807) is 18.2 Å². The van der Waals surface area contributed by atoms with Crippen molar-refractivity contribution in [2.24, 2.45) is 0 Å². The van der Waals surface area contributed by atoms with Crippen LogP contribution in [0.25, 0.3) is 10.8 Å². The summed E-state index contributed by atoms with van der Waals surface area (Å²) in [6.45, 7) is 0. The van der Waals surface area contributed by atoms with E-state index in [0.29, 0.717) is 22.2 Å². The van der Waals surface area contributed by atoms with Crippen molar-refractivity contribution in [3.05, 3.63) is 63.7 Å². The fourth-order valence-electron chi connectivity index (χ4n) is 2.29. The zero-order valence-electron chi connectivity index (χ0n) is 12.1. The van der Waals surface area contributed by atoms with E-state index in [0.717, 1.165) is 15.2 Å². The van der Waals surface area contributed by atoms with Gasteiger partial charge in [-0.05, 0) is 44.9 Å². The summed E-state index contributed by atoms with van der Waals surface area (Å²) in [6.07, 6.45) is 1.48. The third-order valence-electron chi connectivity index (χ3n) is 3.36. The van der Waals surface area contributed by atoms with E-state index in [2.05, 4.69) is 26.2 Å². The first-order chi connectivity index (χ1) is 11.1. The van der Waals surface area contributed by atoms with Gasteiger partial charge in [0, 0.05) is 6.20 Å². The Morgan fingerprint density at radius 1 is 1.26 bits per heavy atom. The maximum absolute atomic E-state index is 12.6. The predicted octanol–water partition coefficient (Wildman–Crippen LogP) is 4.91. The molecule has 116 valence electrons. The largest absolute Gasteiger partial charge is 0.495 e. The molecule has 4 nitrogen and oxygen atoms in total. The quantitative estimate of drug-likeness (QED) is 0.690. The van der Waals surface area contributed by atoms with E-state index < -0.39 is 0 Å². The van der Waals surface area contributed by atoms with Gasteiger partial charge in [-0.2, -0.15) is 0 Å². The number of anilines is 1. The Balaban J connectivity index is 2.04. The molecule has 0 spiro atoms. The molecule has 0 aliphatic heterocycles. The average Bonchev–Trinajstić information content (AvgIpc) is 2.57. The van der Waals surface area contributed by atoms with Crippen molar-refractivity contribution in [1.82, 2.24) is 4.98 Å². The topological polar surface area (TPSA) is 51.2 Å². The Kier molecular flexibility index (Phi) is 4.50. The van der Waals surface area contributed by atoms with Crippen molar-refractivity contribution < 1.29 is 9.53 Å². The van der Waals surface area contributed by atoms with Crippen LogP contribution in [0.2, 0.25) is 5.02 Å². The average molecular weight is 392 g/mol. The van der Waals surface area contributed by atoms with Crippen molar-refractivity contribution in [1.29, 1.82) is 0 Å². The number of nitrogens with zero attached hydrogens (tertiary/aromatic N) is 1. The lowest BCUT2D eigenvalue weighted by Crippen LogP contribution is -2.14. The van der Waals surface area contributed by atoms with Crippen LogP contribution in [0.5, 0.6) is 5.75 Å². The first kappa shape index (κ1) is 15.8. The van der Waals surface area contributed by atoms with E-state index in [9.17, 15) is 4.79 Å². The molecule has 0 saturated carbocycles. The summed E-state index contributed by atoms with van der Waals surface area (Å²) < 4.78 is 6.16. The first-order valence-electron chi connectivity index (χ1n) is 6.78. The van der Waals surface area contributed by atoms with Gasteiger partial charge in [-0.3, -0.25) is 4.79 Å². The van der Waals surface area contributed by atoms with Crippen molar-refractivity contribution in [3.63, 3.8) is 0 Å². The number of methoxy groups -OCH3 is 1. The second-order valence-electron chi connectivity index (χ2n) is 4.81. The molecule has 0 unspecified atom stereocenters. The molecule has 2 aromatic carbocycles. The number of hydrogen-bond donors (Lipinski definition) is 1. The standard InChI is InChI=1S/C17H12BrClN2O2/c1-23-16-13(8-10-4-2-3-5-12(10)15(16)18)17(22)21-14-7-6-11(19)9-20-14/h2-9H,1H3,(H,20,21,22). The third-order valence-corrected chi connectivity index (χ3v) is 4.37. The van der Waals surface area contributed by atoms with Crippen LogP contribution in [0.15, 0.2) is 53.1 Å². The second-order valence-corrected chi connectivity index (χ2v) is 6.04. The van der Waals surface area contributed by atoms with Gasteiger partial charge >= 0.3 is 0 Å². The molecule has 0 radical (unpaired) electrons. The van der Waals surface area contributed by atoms with Crippen molar-refractivity contribution in [3.8, 4) is 5.75 Å². The Bertz CT molecular complexity index is 882. The molecule has 23 heavy (non-hydrogen) atoms. The number of carbonyl (C=O) groups is 1. The molecule has 1 heterocycles. The Labute approximate surface area is 146 Å². The molecule has 0 aliphatic carbocycles. The molecule has 0 atom stereocenters. The van der Waals surface area contributed by atoms with E-state index in [1.165, 1.54) is 13.3 Å². The Morgan fingerprint density at radius 2 is 2.04 bits per heavy atom. The van der Waals surface area contributed by atoms with E-state index in [-0.39, 0.29) is 5.91 Å². The second kappa shape index (κ2) is 6.56. The van der Waals surface area contributed by atoms with Gasteiger partial charge in [-0.15, -0.1) is 0 Å². The van der Waals surface area contributed by atoms with Crippen LogP contribution in [-0.2, 0) is 0 Å². The maximum Gasteiger partial charge on any atom is 0.260 e. The molecule has 3 aromatic rings. The van der Waals surface area contributed by atoms with Crippen LogP contribution in [-0.4, -0.2) is 18.0 Å². The number of benzene rings is 2. The lowest BCUT2D eigenvalue weighted by Gasteiger charge is -2.13. The molecule has 3 rings (SSSR count). The third kappa shape index (κ3) is 3.16. The fourth-order valence-corrected chi connectivity index (χ4v) is 3.13. The number of pyridine rings is 1. The molecule has 0 bridgehead atoms. The van der Waals surface area contributed by atoms with Gasteiger partial charge < -0.3 is 10.1 Å². The first-order valence-corrected chi connectivity index (χ1v) is 7.95. The van der Waals surface area contributed by atoms with Gasteiger partial charge in [-0.25, -0.2) is 4.98 Å². The minimum Gasteiger partial charge on any atom is -0.495 e. The smallest absolute Gasteiger partial charge is 0.260 e. The van der Waals surface area contributed by atoms with Gasteiger partial charge in [-0.1, -0.05) is 35.9 Å². The van der Waals surface area contributed by atoms with Gasteiger partial charge in [0.1, 0.15) is 11.6 Å². The highest BCUT2D eigenvalue weighted by Crippen LogP contribution is 2.36. The van der Waals surface area contributed by atoms with Crippen molar-refractivity contribution >= 4 is 50.0 Å². The van der Waals surface area contributed by atoms with Crippen LogP contribution in [0.3, 0.4) is 0 Å². The minimum absolute atomic E-state index is 0.303. The molecule has 0 fully saturated rings. The van der Waals surface area contributed by atoms with Crippen LogP contribution in [0, 0.1) is 0 Å². The summed E-state index contributed by atoms with van der Waals surface area (Å²) in [7, 11) is 1.53. The highest BCUT2D eigenvalue weighted by atomic mass is 79.9. The Morgan fingerprint density at radius 3 is 2.74 bits per heavy atom. The lowest BCUT2D eigenvalue weighted by molar-refractivity contribution is 0.102. The molecule has 0 aliphatic rings. The van der Waals surface area contributed by atoms with Gasteiger partial charge in [0.25, 0.3) is 5.91 Å². The predicted molar refractivity (Wildman–Crippen MR) is 95.4 cm³/mol. The normalized spacial score (nSPS) is 10.6. The number of amides is 1. The molecular weight excluding hydrogens is 380 g/mol. The number of fused-ring (bicyclic) bond motifs is 1. The summed E-state index contributed by atoms with van der Waals surface area (Å²) in [5, 5.41) is 5.17. The van der Waals surface area contributed by atoms with Crippen LogP contribution >= 0.6 is 27.5 Å². The zero-order valence-corrected chi connectivity index (χ0v) is 14.5. The highest BCUT2D eigenvalue weighted by molar-refractivity contribution is 9.10. The summed E-state index contributed by atoms with van der Waals surface area (Å²) in [6, 6.07) is 12.9. The number of hydrogen-bond acceptors (Lipinski definition) is 3.